The molecule has 1 heterocycles. The maximum absolute atomic E-state index is 12.2. The average molecular weight is 351 g/mol. The SMILES string of the molecule is O=C(Oc1ccc(Br)cc1)c1cc2c(s1)CCCCC2. The Bertz CT molecular complexity index is 592. The van der Waals surface area contributed by atoms with E-state index in [0.29, 0.717) is 5.75 Å². The van der Waals surface area contributed by atoms with Crippen LogP contribution in [0.1, 0.15) is 39.4 Å². The van der Waals surface area contributed by atoms with Crippen molar-refractivity contribution in [1.82, 2.24) is 0 Å². The van der Waals surface area contributed by atoms with Crippen molar-refractivity contribution in [3.8, 4) is 5.75 Å². The van der Waals surface area contributed by atoms with Crippen LogP contribution in [0.4, 0.5) is 0 Å². The summed E-state index contributed by atoms with van der Waals surface area (Å²) in [7, 11) is 0. The van der Waals surface area contributed by atoms with E-state index in [1.807, 2.05) is 18.2 Å². The quantitative estimate of drug-likeness (QED) is 0.432. The number of rotatable bonds is 2. The van der Waals surface area contributed by atoms with Gasteiger partial charge in [0.2, 0.25) is 0 Å². The van der Waals surface area contributed by atoms with Crippen molar-refractivity contribution < 1.29 is 9.53 Å². The highest BCUT2D eigenvalue weighted by atomic mass is 79.9. The highest BCUT2D eigenvalue weighted by molar-refractivity contribution is 9.10. The molecular weight excluding hydrogens is 336 g/mol. The highest BCUT2D eigenvalue weighted by Crippen LogP contribution is 2.29. The van der Waals surface area contributed by atoms with E-state index in [1.165, 1.54) is 29.7 Å². The van der Waals surface area contributed by atoms with Crippen molar-refractivity contribution in [3.63, 3.8) is 0 Å². The molecule has 104 valence electrons. The number of esters is 1. The first kappa shape index (κ1) is 13.8. The lowest BCUT2D eigenvalue weighted by atomic mass is 10.1. The molecule has 0 saturated carbocycles. The topological polar surface area (TPSA) is 26.3 Å². The molecular formula is C16H15BrO2S. The predicted molar refractivity (Wildman–Crippen MR) is 84.7 cm³/mol. The van der Waals surface area contributed by atoms with Crippen LogP contribution in [0.5, 0.6) is 5.75 Å². The summed E-state index contributed by atoms with van der Waals surface area (Å²) in [5.41, 5.74) is 1.34. The summed E-state index contributed by atoms with van der Waals surface area (Å²) < 4.78 is 6.39. The molecule has 0 amide bonds. The maximum Gasteiger partial charge on any atom is 0.353 e. The first-order valence-corrected chi connectivity index (χ1v) is 8.42. The lowest BCUT2D eigenvalue weighted by molar-refractivity contribution is 0.0740. The number of fused-ring (bicyclic) bond motifs is 1. The summed E-state index contributed by atoms with van der Waals surface area (Å²) in [6, 6.07) is 9.34. The second-order valence-electron chi connectivity index (χ2n) is 4.96. The van der Waals surface area contributed by atoms with Gasteiger partial charge in [0.05, 0.1) is 0 Å². The third-order valence-corrected chi connectivity index (χ3v) is 5.22. The normalized spacial score (nSPS) is 14.4. The molecule has 2 nitrogen and oxygen atoms in total. The van der Waals surface area contributed by atoms with E-state index in [9.17, 15) is 4.79 Å². The van der Waals surface area contributed by atoms with Crippen LogP contribution < -0.4 is 4.74 Å². The van der Waals surface area contributed by atoms with E-state index in [1.54, 1.807) is 23.5 Å². The van der Waals surface area contributed by atoms with Gasteiger partial charge in [0.1, 0.15) is 10.6 Å². The molecule has 20 heavy (non-hydrogen) atoms. The molecule has 0 saturated heterocycles. The molecule has 1 aromatic heterocycles. The molecule has 0 N–H and O–H groups in total. The lowest BCUT2D eigenvalue weighted by Gasteiger charge is -2.02. The molecule has 0 atom stereocenters. The minimum atomic E-state index is -0.245. The molecule has 0 spiro atoms. The van der Waals surface area contributed by atoms with Crippen molar-refractivity contribution in [3.05, 3.63) is 50.1 Å². The van der Waals surface area contributed by atoms with Gasteiger partial charge < -0.3 is 4.74 Å². The summed E-state index contributed by atoms with van der Waals surface area (Å²) in [4.78, 5) is 14.3. The Balaban J connectivity index is 1.75. The van der Waals surface area contributed by atoms with Gasteiger partial charge in [-0.15, -0.1) is 11.3 Å². The van der Waals surface area contributed by atoms with Crippen LogP contribution in [0.25, 0.3) is 0 Å². The highest BCUT2D eigenvalue weighted by Gasteiger charge is 2.17. The number of aryl methyl sites for hydroxylation is 2. The lowest BCUT2D eigenvalue weighted by Crippen LogP contribution is -2.06. The Kier molecular flexibility index (Phi) is 4.22. The number of carbonyl (C=O) groups is 1. The van der Waals surface area contributed by atoms with Gasteiger partial charge in [-0.1, -0.05) is 22.4 Å². The third-order valence-electron chi connectivity index (χ3n) is 3.47. The molecule has 1 aromatic carbocycles. The largest absolute Gasteiger partial charge is 0.422 e. The number of carbonyl (C=O) groups excluding carboxylic acids is 1. The smallest absolute Gasteiger partial charge is 0.353 e. The zero-order chi connectivity index (χ0) is 13.9. The summed E-state index contributed by atoms with van der Waals surface area (Å²) >= 11 is 4.96. The van der Waals surface area contributed by atoms with Gasteiger partial charge in [-0.05, 0) is 61.6 Å². The molecule has 0 aliphatic heterocycles. The number of benzene rings is 1. The summed E-state index contributed by atoms with van der Waals surface area (Å²) in [5.74, 6) is 0.340. The van der Waals surface area contributed by atoms with Gasteiger partial charge in [0.25, 0.3) is 0 Å². The summed E-state index contributed by atoms with van der Waals surface area (Å²) in [6.45, 7) is 0. The van der Waals surface area contributed by atoms with Gasteiger partial charge in [0.15, 0.2) is 0 Å². The average Bonchev–Trinajstić information content (AvgIpc) is 2.73. The summed E-state index contributed by atoms with van der Waals surface area (Å²) in [6.07, 6.45) is 5.95. The van der Waals surface area contributed by atoms with Crippen LogP contribution in [-0.2, 0) is 12.8 Å². The fraction of sp³-hybridized carbons (Fsp3) is 0.312. The Labute approximate surface area is 130 Å². The minimum Gasteiger partial charge on any atom is -0.422 e. The number of hydrogen-bond donors (Lipinski definition) is 0. The Morgan fingerprint density at radius 2 is 1.85 bits per heavy atom. The van der Waals surface area contributed by atoms with Crippen LogP contribution in [0.3, 0.4) is 0 Å². The fourth-order valence-electron chi connectivity index (χ4n) is 2.43. The van der Waals surface area contributed by atoms with E-state index in [2.05, 4.69) is 15.9 Å². The van der Waals surface area contributed by atoms with E-state index < -0.39 is 0 Å². The minimum absolute atomic E-state index is 0.245. The molecule has 0 fully saturated rings. The second kappa shape index (κ2) is 6.10. The molecule has 0 radical (unpaired) electrons. The maximum atomic E-state index is 12.2. The van der Waals surface area contributed by atoms with Crippen molar-refractivity contribution in [2.45, 2.75) is 32.1 Å². The second-order valence-corrected chi connectivity index (χ2v) is 7.02. The Morgan fingerprint density at radius 3 is 2.65 bits per heavy atom. The first-order chi connectivity index (χ1) is 9.72. The standard InChI is InChI=1S/C16H15BrO2S/c17-12-6-8-13(9-7-12)19-16(18)15-10-11-4-2-1-3-5-14(11)20-15/h6-10H,1-5H2. The zero-order valence-electron chi connectivity index (χ0n) is 11.0. The predicted octanol–water partition coefficient (Wildman–Crippen LogP) is 5.00. The molecule has 4 heteroatoms. The van der Waals surface area contributed by atoms with Crippen LogP contribution in [-0.4, -0.2) is 5.97 Å². The van der Waals surface area contributed by atoms with Crippen LogP contribution in [0.2, 0.25) is 0 Å². The van der Waals surface area contributed by atoms with Crippen LogP contribution in [0, 0.1) is 0 Å². The van der Waals surface area contributed by atoms with Crippen molar-refractivity contribution in [1.29, 1.82) is 0 Å². The molecule has 1 aliphatic rings. The number of hydrogen-bond acceptors (Lipinski definition) is 3. The van der Waals surface area contributed by atoms with Gasteiger partial charge in [-0.2, -0.15) is 0 Å². The first-order valence-electron chi connectivity index (χ1n) is 6.82. The van der Waals surface area contributed by atoms with Crippen molar-refractivity contribution in [2.24, 2.45) is 0 Å². The van der Waals surface area contributed by atoms with Crippen molar-refractivity contribution >= 4 is 33.2 Å². The number of ether oxygens (including phenoxy) is 1. The Hall–Kier alpha value is -1.13. The van der Waals surface area contributed by atoms with Gasteiger partial charge in [-0.25, -0.2) is 4.79 Å². The monoisotopic (exact) mass is 350 g/mol. The molecule has 2 aromatic rings. The number of halogens is 1. The van der Waals surface area contributed by atoms with Gasteiger partial charge in [0, 0.05) is 9.35 Å². The fourth-order valence-corrected chi connectivity index (χ4v) is 3.82. The van der Waals surface area contributed by atoms with Crippen LogP contribution >= 0.6 is 27.3 Å². The number of thiophene rings is 1. The van der Waals surface area contributed by atoms with Crippen molar-refractivity contribution in [2.75, 3.05) is 0 Å². The zero-order valence-corrected chi connectivity index (χ0v) is 13.4. The summed E-state index contributed by atoms with van der Waals surface area (Å²) in [5, 5.41) is 0. The molecule has 1 aliphatic carbocycles. The van der Waals surface area contributed by atoms with E-state index in [-0.39, 0.29) is 5.97 Å². The van der Waals surface area contributed by atoms with E-state index >= 15 is 0 Å². The molecule has 0 bridgehead atoms. The molecule has 3 rings (SSSR count). The Morgan fingerprint density at radius 1 is 1.10 bits per heavy atom. The third kappa shape index (κ3) is 3.13. The van der Waals surface area contributed by atoms with Gasteiger partial charge in [-0.3, -0.25) is 0 Å². The van der Waals surface area contributed by atoms with E-state index in [0.717, 1.165) is 22.2 Å². The van der Waals surface area contributed by atoms with Crippen LogP contribution in [0.15, 0.2) is 34.8 Å². The molecule has 0 unspecified atom stereocenters. The van der Waals surface area contributed by atoms with Gasteiger partial charge >= 0.3 is 5.97 Å². The van der Waals surface area contributed by atoms with E-state index in [4.69, 9.17) is 4.74 Å².